The predicted octanol–water partition coefficient (Wildman–Crippen LogP) is 4.05. The summed E-state index contributed by atoms with van der Waals surface area (Å²) in [4.78, 5) is 22.8. The predicted molar refractivity (Wildman–Crippen MR) is 112 cm³/mol. The van der Waals surface area contributed by atoms with E-state index in [1.54, 1.807) is 12.1 Å². The molecule has 0 unspecified atom stereocenters. The summed E-state index contributed by atoms with van der Waals surface area (Å²) < 4.78 is 1.52. The molecule has 6 rings (SSSR count). The average Bonchev–Trinajstić information content (AvgIpc) is 3.18. The van der Waals surface area contributed by atoms with Crippen LogP contribution in [0.25, 0.3) is 39.3 Å². The van der Waals surface area contributed by atoms with E-state index in [0.29, 0.717) is 27.7 Å². The summed E-state index contributed by atoms with van der Waals surface area (Å²) in [5.41, 5.74) is 5.36. The Hall–Kier alpha value is -3.51. The third-order valence-electron chi connectivity index (χ3n) is 5.50. The SMILES string of the molecule is O=c1c2c3c(cnc2nc2[nH]nc(-c4ccc(Cl)cc4)n12)CCc1ccccc1-3. The van der Waals surface area contributed by atoms with E-state index in [-0.39, 0.29) is 5.56 Å². The minimum absolute atomic E-state index is 0.176. The molecule has 0 aliphatic heterocycles. The van der Waals surface area contributed by atoms with Crippen molar-refractivity contribution in [1.82, 2.24) is 24.6 Å². The first-order valence-electron chi connectivity index (χ1n) is 9.33. The Bertz CT molecular complexity index is 1480. The summed E-state index contributed by atoms with van der Waals surface area (Å²) >= 11 is 6.01. The number of aromatic nitrogens is 5. The van der Waals surface area contributed by atoms with Crippen LogP contribution in [0.15, 0.2) is 59.5 Å². The Morgan fingerprint density at radius 2 is 1.79 bits per heavy atom. The summed E-state index contributed by atoms with van der Waals surface area (Å²) in [5, 5.41) is 8.36. The van der Waals surface area contributed by atoms with Crippen LogP contribution in [0.2, 0.25) is 5.02 Å². The fourth-order valence-corrected chi connectivity index (χ4v) is 4.28. The van der Waals surface area contributed by atoms with Gasteiger partial charge in [0.25, 0.3) is 5.56 Å². The highest BCUT2D eigenvalue weighted by molar-refractivity contribution is 6.30. The number of benzene rings is 2. The maximum absolute atomic E-state index is 13.7. The van der Waals surface area contributed by atoms with E-state index >= 15 is 0 Å². The van der Waals surface area contributed by atoms with Crippen LogP contribution >= 0.6 is 11.6 Å². The average molecular weight is 400 g/mol. The van der Waals surface area contributed by atoms with Gasteiger partial charge in [0.1, 0.15) is 0 Å². The van der Waals surface area contributed by atoms with Crippen molar-refractivity contribution in [2.75, 3.05) is 0 Å². The first-order chi connectivity index (χ1) is 14.2. The molecule has 3 aromatic heterocycles. The molecule has 2 aromatic carbocycles. The molecule has 0 spiro atoms. The molecule has 0 amide bonds. The van der Waals surface area contributed by atoms with Gasteiger partial charge in [-0.25, -0.2) is 14.5 Å². The van der Waals surface area contributed by atoms with E-state index < -0.39 is 0 Å². The highest BCUT2D eigenvalue weighted by Crippen LogP contribution is 2.36. The maximum atomic E-state index is 13.7. The minimum Gasteiger partial charge on any atom is -0.268 e. The van der Waals surface area contributed by atoms with Gasteiger partial charge in [-0.15, -0.1) is 0 Å². The molecule has 0 radical (unpaired) electrons. The molecule has 0 bridgehead atoms. The van der Waals surface area contributed by atoms with E-state index in [1.807, 2.05) is 30.5 Å². The first kappa shape index (κ1) is 16.4. The minimum atomic E-state index is -0.176. The van der Waals surface area contributed by atoms with Crippen LogP contribution in [0.5, 0.6) is 0 Å². The molecule has 1 N–H and O–H groups in total. The molecule has 0 saturated heterocycles. The number of nitrogens with one attached hydrogen (secondary N) is 1. The number of H-pyrrole nitrogens is 1. The van der Waals surface area contributed by atoms with Crippen LogP contribution in [0.3, 0.4) is 0 Å². The van der Waals surface area contributed by atoms with Crippen LogP contribution < -0.4 is 5.56 Å². The number of aryl methyl sites for hydroxylation is 2. The number of nitrogens with zero attached hydrogens (tertiary/aromatic N) is 4. The van der Waals surface area contributed by atoms with Gasteiger partial charge in [-0.2, -0.15) is 10.1 Å². The van der Waals surface area contributed by atoms with Crippen LogP contribution in [0.1, 0.15) is 11.1 Å². The second-order valence-corrected chi connectivity index (χ2v) is 7.58. The Kier molecular flexibility index (Phi) is 3.40. The van der Waals surface area contributed by atoms with Gasteiger partial charge in [-0.3, -0.25) is 4.79 Å². The zero-order valence-corrected chi connectivity index (χ0v) is 15.9. The second-order valence-electron chi connectivity index (χ2n) is 7.14. The van der Waals surface area contributed by atoms with E-state index in [2.05, 4.69) is 32.3 Å². The van der Waals surface area contributed by atoms with Gasteiger partial charge in [0.15, 0.2) is 11.5 Å². The van der Waals surface area contributed by atoms with E-state index in [0.717, 1.165) is 35.1 Å². The highest BCUT2D eigenvalue weighted by Gasteiger charge is 2.23. The molecule has 6 nitrogen and oxygen atoms in total. The molecule has 140 valence electrons. The number of fused-ring (bicyclic) bond motifs is 6. The van der Waals surface area contributed by atoms with Crippen LogP contribution in [-0.4, -0.2) is 24.6 Å². The van der Waals surface area contributed by atoms with Crippen molar-refractivity contribution in [3.05, 3.63) is 81.2 Å². The second kappa shape index (κ2) is 5.99. The molecule has 0 atom stereocenters. The molecule has 5 aromatic rings. The lowest BCUT2D eigenvalue weighted by molar-refractivity contribution is 0.933. The first-order valence-corrected chi connectivity index (χ1v) is 9.71. The Balaban J connectivity index is 1.73. The van der Waals surface area contributed by atoms with Gasteiger partial charge in [0.2, 0.25) is 5.78 Å². The largest absolute Gasteiger partial charge is 0.271 e. The van der Waals surface area contributed by atoms with Gasteiger partial charge >= 0.3 is 0 Å². The smallest absolute Gasteiger partial charge is 0.268 e. The number of hydrogen-bond donors (Lipinski definition) is 1. The van der Waals surface area contributed by atoms with Gasteiger partial charge in [0.05, 0.1) is 5.39 Å². The third kappa shape index (κ3) is 2.36. The van der Waals surface area contributed by atoms with Crippen molar-refractivity contribution >= 4 is 28.4 Å². The normalized spacial score (nSPS) is 12.9. The standard InChI is InChI=1S/C22H14ClN5O/c23-15-9-7-13(8-10-15)20-26-27-22-25-19-18(21(29)28(20)22)17-14(11-24-19)6-5-12-3-1-2-4-16(12)17/h1-4,7-11H,5-6H2,(H,24,25,27). The molecular formula is C22H14ClN5O. The van der Waals surface area contributed by atoms with Crippen LogP contribution in [-0.2, 0) is 12.8 Å². The summed E-state index contributed by atoms with van der Waals surface area (Å²) in [6.07, 6.45) is 3.63. The summed E-state index contributed by atoms with van der Waals surface area (Å²) in [6.45, 7) is 0. The zero-order chi connectivity index (χ0) is 19.5. The van der Waals surface area contributed by atoms with E-state index in [1.165, 1.54) is 9.96 Å². The Labute approximate surface area is 169 Å². The fraction of sp³-hybridized carbons (Fsp3) is 0.0909. The lowest BCUT2D eigenvalue weighted by Gasteiger charge is -2.20. The quantitative estimate of drug-likeness (QED) is 0.461. The van der Waals surface area contributed by atoms with Gasteiger partial charge in [-0.1, -0.05) is 35.9 Å². The zero-order valence-electron chi connectivity index (χ0n) is 15.2. The monoisotopic (exact) mass is 399 g/mol. The summed E-state index contributed by atoms with van der Waals surface area (Å²) in [7, 11) is 0. The Morgan fingerprint density at radius 1 is 1.00 bits per heavy atom. The lowest BCUT2D eigenvalue weighted by Crippen LogP contribution is -2.19. The van der Waals surface area contributed by atoms with Crippen LogP contribution in [0, 0.1) is 0 Å². The molecule has 0 fully saturated rings. The number of pyridine rings is 1. The molecular weight excluding hydrogens is 386 g/mol. The van der Waals surface area contributed by atoms with Gasteiger partial charge in [-0.05, 0) is 53.8 Å². The van der Waals surface area contributed by atoms with E-state index in [9.17, 15) is 4.79 Å². The number of halogens is 1. The number of hydrogen-bond acceptors (Lipinski definition) is 4. The van der Waals surface area contributed by atoms with Gasteiger partial charge < -0.3 is 0 Å². The number of rotatable bonds is 1. The highest BCUT2D eigenvalue weighted by atomic mass is 35.5. The fourth-order valence-electron chi connectivity index (χ4n) is 4.15. The van der Waals surface area contributed by atoms with Gasteiger partial charge in [0, 0.05) is 22.3 Å². The molecule has 1 aliphatic rings. The summed E-state index contributed by atoms with van der Waals surface area (Å²) in [6, 6.07) is 15.4. The van der Waals surface area contributed by atoms with Crippen molar-refractivity contribution < 1.29 is 0 Å². The van der Waals surface area contributed by atoms with Crippen LogP contribution in [0.4, 0.5) is 0 Å². The third-order valence-corrected chi connectivity index (χ3v) is 5.76. The van der Waals surface area contributed by atoms with E-state index in [4.69, 9.17) is 11.6 Å². The molecule has 1 aliphatic carbocycles. The topological polar surface area (TPSA) is 75.9 Å². The molecule has 3 heterocycles. The van der Waals surface area contributed by atoms with Crippen molar-refractivity contribution in [3.8, 4) is 22.5 Å². The van der Waals surface area contributed by atoms with Crippen molar-refractivity contribution in [3.63, 3.8) is 0 Å². The van der Waals surface area contributed by atoms with Crippen molar-refractivity contribution in [1.29, 1.82) is 0 Å². The lowest BCUT2D eigenvalue weighted by atomic mass is 9.85. The molecule has 29 heavy (non-hydrogen) atoms. The van der Waals surface area contributed by atoms with Crippen molar-refractivity contribution in [2.24, 2.45) is 0 Å². The Morgan fingerprint density at radius 3 is 2.66 bits per heavy atom. The maximum Gasteiger partial charge on any atom is 0.271 e. The molecule has 7 heteroatoms. The molecule has 0 saturated carbocycles. The summed E-state index contributed by atoms with van der Waals surface area (Å²) in [5.74, 6) is 0.863. The van der Waals surface area contributed by atoms with Crippen molar-refractivity contribution in [2.45, 2.75) is 12.8 Å². The number of aromatic amines is 1.